The molecule has 1 aliphatic heterocycles. The number of hydrogen-bond acceptors (Lipinski definition) is 3. The van der Waals surface area contributed by atoms with Crippen LogP contribution in [0.2, 0.25) is 0 Å². The molecule has 90 valence electrons. The molecule has 0 aliphatic carbocycles. The Morgan fingerprint density at radius 1 is 1.29 bits per heavy atom. The highest BCUT2D eigenvalue weighted by Gasteiger charge is 2.36. The van der Waals surface area contributed by atoms with Crippen LogP contribution < -0.4 is 10.6 Å². The minimum absolute atomic E-state index is 0.360. The lowest BCUT2D eigenvalue weighted by atomic mass is 10.0. The van der Waals surface area contributed by atoms with Gasteiger partial charge >= 0.3 is 0 Å². The normalized spacial score (nSPS) is 14.4. The number of hydrogen-bond donors (Lipinski definition) is 1. The number of anilines is 1. The standard InChI is InChI=1S/C13H16N2O2/c1-2-4-9-5-3-6-10-11(9)15(8-7-14)13(17)12(10)16/h3,5-6H,2,4,7-8,14H2,1H3. The van der Waals surface area contributed by atoms with Crippen LogP contribution >= 0.6 is 0 Å². The number of fused-ring (bicyclic) bond motifs is 1. The summed E-state index contributed by atoms with van der Waals surface area (Å²) < 4.78 is 0. The van der Waals surface area contributed by atoms with Crippen LogP contribution in [0.25, 0.3) is 0 Å². The zero-order valence-electron chi connectivity index (χ0n) is 9.90. The van der Waals surface area contributed by atoms with E-state index in [1.165, 1.54) is 4.90 Å². The first-order chi connectivity index (χ1) is 8.20. The average molecular weight is 232 g/mol. The highest BCUT2D eigenvalue weighted by atomic mass is 16.2. The van der Waals surface area contributed by atoms with Crippen LogP contribution in [0.3, 0.4) is 0 Å². The first kappa shape index (κ1) is 11.8. The second-order valence-corrected chi connectivity index (χ2v) is 4.14. The van der Waals surface area contributed by atoms with Crippen molar-refractivity contribution >= 4 is 17.4 Å². The first-order valence-electron chi connectivity index (χ1n) is 5.88. The van der Waals surface area contributed by atoms with Crippen molar-refractivity contribution in [2.45, 2.75) is 19.8 Å². The fourth-order valence-electron chi connectivity index (χ4n) is 2.25. The molecular formula is C13H16N2O2. The summed E-state index contributed by atoms with van der Waals surface area (Å²) in [4.78, 5) is 25.2. The number of aryl methyl sites for hydroxylation is 1. The van der Waals surface area contributed by atoms with Crippen molar-refractivity contribution in [1.29, 1.82) is 0 Å². The zero-order chi connectivity index (χ0) is 12.4. The van der Waals surface area contributed by atoms with E-state index in [0.717, 1.165) is 24.1 Å². The Morgan fingerprint density at radius 3 is 2.71 bits per heavy atom. The number of amides is 1. The highest BCUT2D eigenvalue weighted by molar-refractivity contribution is 6.52. The second-order valence-electron chi connectivity index (χ2n) is 4.14. The summed E-state index contributed by atoms with van der Waals surface area (Å²) in [5.74, 6) is -0.861. The number of nitrogens with zero attached hydrogens (tertiary/aromatic N) is 1. The van der Waals surface area contributed by atoms with Crippen LogP contribution in [0.1, 0.15) is 29.3 Å². The SMILES string of the molecule is CCCc1cccc2c1N(CCN)C(=O)C2=O. The second kappa shape index (κ2) is 4.67. The molecule has 0 saturated heterocycles. The highest BCUT2D eigenvalue weighted by Crippen LogP contribution is 2.32. The molecule has 1 amide bonds. The van der Waals surface area contributed by atoms with Crippen LogP contribution in [0.4, 0.5) is 5.69 Å². The molecule has 17 heavy (non-hydrogen) atoms. The van der Waals surface area contributed by atoms with E-state index >= 15 is 0 Å². The zero-order valence-corrected chi connectivity index (χ0v) is 9.90. The summed E-state index contributed by atoms with van der Waals surface area (Å²) in [6.07, 6.45) is 1.85. The van der Waals surface area contributed by atoms with Crippen molar-refractivity contribution in [3.8, 4) is 0 Å². The maximum atomic E-state index is 11.8. The van der Waals surface area contributed by atoms with Gasteiger partial charge in [0.15, 0.2) is 0 Å². The number of carbonyl (C=O) groups is 2. The van der Waals surface area contributed by atoms with Crippen molar-refractivity contribution in [2.75, 3.05) is 18.0 Å². The molecule has 2 rings (SSSR count). The van der Waals surface area contributed by atoms with Crippen molar-refractivity contribution in [2.24, 2.45) is 5.73 Å². The molecule has 0 fully saturated rings. The molecule has 0 atom stereocenters. The van der Waals surface area contributed by atoms with Gasteiger partial charge in [-0.15, -0.1) is 0 Å². The number of rotatable bonds is 4. The third-order valence-electron chi connectivity index (χ3n) is 2.95. The minimum atomic E-state index is -0.450. The molecular weight excluding hydrogens is 216 g/mol. The van der Waals surface area contributed by atoms with E-state index in [0.29, 0.717) is 18.7 Å². The summed E-state index contributed by atoms with van der Waals surface area (Å²) in [5, 5.41) is 0. The lowest BCUT2D eigenvalue weighted by Crippen LogP contribution is -2.34. The van der Waals surface area contributed by atoms with Crippen LogP contribution in [0.5, 0.6) is 0 Å². The molecule has 4 nitrogen and oxygen atoms in total. The van der Waals surface area contributed by atoms with Crippen LogP contribution in [-0.4, -0.2) is 24.8 Å². The Morgan fingerprint density at radius 2 is 2.06 bits per heavy atom. The Labute approximate surface area is 100 Å². The summed E-state index contributed by atoms with van der Waals surface area (Å²) in [6, 6.07) is 5.52. The van der Waals surface area contributed by atoms with Crippen LogP contribution in [0, 0.1) is 0 Å². The van der Waals surface area contributed by atoms with Crippen molar-refractivity contribution in [1.82, 2.24) is 0 Å². The van der Waals surface area contributed by atoms with Gasteiger partial charge in [-0.1, -0.05) is 25.5 Å². The van der Waals surface area contributed by atoms with E-state index in [9.17, 15) is 9.59 Å². The van der Waals surface area contributed by atoms with Crippen LogP contribution in [-0.2, 0) is 11.2 Å². The number of para-hydroxylation sites is 1. The van der Waals surface area contributed by atoms with Crippen molar-refractivity contribution in [3.05, 3.63) is 29.3 Å². The van der Waals surface area contributed by atoms with Gasteiger partial charge in [-0.25, -0.2) is 0 Å². The van der Waals surface area contributed by atoms with Crippen molar-refractivity contribution in [3.63, 3.8) is 0 Å². The maximum absolute atomic E-state index is 11.8. The van der Waals surface area contributed by atoms with Gasteiger partial charge in [0.1, 0.15) is 0 Å². The Balaban J connectivity index is 2.51. The summed E-state index contributed by atoms with van der Waals surface area (Å²) >= 11 is 0. The molecule has 0 radical (unpaired) electrons. The Hall–Kier alpha value is -1.68. The maximum Gasteiger partial charge on any atom is 0.299 e. The molecule has 4 heteroatoms. The van der Waals surface area contributed by atoms with Gasteiger partial charge < -0.3 is 10.6 Å². The summed E-state index contributed by atoms with van der Waals surface area (Å²) in [5.41, 5.74) is 7.84. The lowest BCUT2D eigenvalue weighted by molar-refractivity contribution is -0.114. The van der Waals surface area contributed by atoms with E-state index in [2.05, 4.69) is 6.92 Å². The van der Waals surface area contributed by atoms with E-state index in [1.807, 2.05) is 12.1 Å². The van der Waals surface area contributed by atoms with Gasteiger partial charge in [0.2, 0.25) is 0 Å². The lowest BCUT2D eigenvalue weighted by Gasteiger charge is -2.18. The van der Waals surface area contributed by atoms with Crippen molar-refractivity contribution < 1.29 is 9.59 Å². The number of benzene rings is 1. The Kier molecular flexibility index (Phi) is 3.24. The molecule has 1 aromatic rings. The van der Waals surface area contributed by atoms with Gasteiger partial charge in [0.05, 0.1) is 11.3 Å². The number of carbonyl (C=O) groups excluding carboxylic acids is 2. The summed E-state index contributed by atoms with van der Waals surface area (Å²) in [6.45, 7) is 2.84. The minimum Gasteiger partial charge on any atom is -0.329 e. The molecule has 0 spiro atoms. The fraction of sp³-hybridized carbons (Fsp3) is 0.385. The predicted molar refractivity (Wildman–Crippen MR) is 66.2 cm³/mol. The molecule has 0 bridgehead atoms. The number of Topliss-reactive ketones (excluding diaryl/α,β-unsaturated/α-hetero) is 1. The van der Waals surface area contributed by atoms with Gasteiger partial charge in [-0.05, 0) is 18.1 Å². The molecule has 1 aliphatic rings. The molecule has 0 saturated carbocycles. The third kappa shape index (κ3) is 1.85. The molecule has 0 aromatic heterocycles. The third-order valence-corrected chi connectivity index (χ3v) is 2.95. The largest absolute Gasteiger partial charge is 0.329 e. The monoisotopic (exact) mass is 232 g/mol. The van der Waals surface area contributed by atoms with E-state index in [-0.39, 0.29) is 0 Å². The van der Waals surface area contributed by atoms with E-state index in [1.54, 1.807) is 6.07 Å². The number of nitrogens with two attached hydrogens (primary N) is 1. The number of ketones is 1. The molecule has 1 heterocycles. The Bertz CT molecular complexity index is 468. The van der Waals surface area contributed by atoms with Gasteiger partial charge in [0.25, 0.3) is 11.7 Å². The first-order valence-corrected chi connectivity index (χ1v) is 5.88. The van der Waals surface area contributed by atoms with Gasteiger partial charge in [-0.2, -0.15) is 0 Å². The topological polar surface area (TPSA) is 63.4 Å². The molecule has 0 unspecified atom stereocenters. The van der Waals surface area contributed by atoms with E-state index in [4.69, 9.17) is 5.73 Å². The van der Waals surface area contributed by atoms with Gasteiger partial charge in [-0.3, -0.25) is 9.59 Å². The van der Waals surface area contributed by atoms with Crippen LogP contribution in [0.15, 0.2) is 18.2 Å². The van der Waals surface area contributed by atoms with E-state index < -0.39 is 11.7 Å². The molecule has 2 N–H and O–H groups in total. The van der Waals surface area contributed by atoms with Gasteiger partial charge in [0, 0.05) is 13.1 Å². The fourth-order valence-corrected chi connectivity index (χ4v) is 2.25. The summed E-state index contributed by atoms with van der Waals surface area (Å²) in [7, 11) is 0. The quantitative estimate of drug-likeness (QED) is 0.791. The smallest absolute Gasteiger partial charge is 0.299 e. The predicted octanol–water partition coefficient (Wildman–Crippen LogP) is 1.13. The molecule has 1 aromatic carbocycles. The average Bonchev–Trinajstić information content (AvgIpc) is 2.57.